The van der Waals surface area contributed by atoms with E-state index in [9.17, 15) is 13.2 Å². The third-order valence-corrected chi connectivity index (χ3v) is 5.21. The minimum Gasteiger partial charge on any atom is -0.495 e. The summed E-state index contributed by atoms with van der Waals surface area (Å²) in [6.45, 7) is 0. The third kappa shape index (κ3) is 3.87. The number of nitrogens with one attached hydrogen (secondary N) is 1. The molecule has 116 valence electrons. The summed E-state index contributed by atoms with van der Waals surface area (Å²) in [4.78, 5) is 11.9. The first-order valence-corrected chi connectivity index (χ1v) is 8.53. The van der Waals surface area contributed by atoms with E-state index in [1.807, 2.05) is 0 Å². The zero-order chi connectivity index (χ0) is 15.5. The van der Waals surface area contributed by atoms with Crippen LogP contribution in [-0.4, -0.2) is 33.2 Å². The first kappa shape index (κ1) is 15.6. The zero-order valence-electron chi connectivity index (χ0n) is 12.0. The van der Waals surface area contributed by atoms with E-state index in [0.717, 1.165) is 25.7 Å². The summed E-state index contributed by atoms with van der Waals surface area (Å²) in [5, 5.41) is 2.77. The van der Waals surface area contributed by atoms with Crippen molar-refractivity contribution < 1.29 is 17.9 Å². The number of carbonyl (C=O) groups excluding carboxylic acids is 1. The Hall–Kier alpha value is -1.76. The second kappa shape index (κ2) is 6.34. The highest BCUT2D eigenvalue weighted by molar-refractivity contribution is 7.92. The lowest BCUT2D eigenvalue weighted by Gasteiger charge is -2.13. The van der Waals surface area contributed by atoms with Crippen molar-refractivity contribution in [3.63, 3.8) is 0 Å². The number of anilines is 1. The summed E-state index contributed by atoms with van der Waals surface area (Å²) in [6, 6.07) is 4.37. The van der Waals surface area contributed by atoms with Crippen molar-refractivity contribution in [2.75, 3.05) is 18.6 Å². The summed E-state index contributed by atoms with van der Waals surface area (Å²) in [6.07, 6.45) is 3.97. The van der Waals surface area contributed by atoms with Crippen LogP contribution >= 0.6 is 0 Å². The molecule has 1 fully saturated rings. The lowest BCUT2D eigenvalue weighted by molar-refractivity contribution is -0.119. The molecule has 0 bridgehead atoms. The molecule has 0 heterocycles. The van der Waals surface area contributed by atoms with E-state index in [1.54, 1.807) is 0 Å². The van der Waals surface area contributed by atoms with E-state index < -0.39 is 21.5 Å². The summed E-state index contributed by atoms with van der Waals surface area (Å²) >= 11 is 0. The average molecular weight is 312 g/mol. The Labute approximate surface area is 124 Å². The number of methoxy groups -OCH3 is 1. The SMILES string of the molecule is COc1cc(N)ccc1S(=O)(=O)CC(=O)NC1CCCC1. The van der Waals surface area contributed by atoms with Gasteiger partial charge in [-0.05, 0) is 25.0 Å². The van der Waals surface area contributed by atoms with Gasteiger partial charge in [0.15, 0.2) is 9.84 Å². The maximum atomic E-state index is 12.3. The standard InChI is InChI=1S/C14H20N2O4S/c1-20-12-8-10(15)6-7-13(12)21(18,19)9-14(17)16-11-4-2-3-5-11/h6-8,11H,2-5,9,15H2,1H3,(H,16,17). The molecule has 0 unspecified atom stereocenters. The smallest absolute Gasteiger partial charge is 0.235 e. The Kier molecular flexibility index (Phi) is 4.72. The molecule has 0 aromatic heterocycles. The van der Waals surface area contributed by atoms with E-state index in [1.165, 1.54) is 25.3 Å². The molecule has 1 aromatic carbocycles. The van der Waals surface area contributed by atoms with Crippen molar-refractivity contribution in [2.45, 2.75) is 36.6 Å². The van der Waals surface area contributed by atoms with Gasteiger partial charge in [-0.2, -0.15) is 0 Å². The van der Waals surface area contributed by atoms with Gasteiger partial charge in [-0.25, -0.2) is 8.42 Å². The van der Waals surface area contributed by atoms with Crippen LogP contribution in [0.1, 0.15) is 25.7 Å². The van der Waals surface area contributed by atoms with Gasteiger partial charge in [0, 0.05) is 17.8 Å². The van der Waals surface area contributed by atoms with Gasteiger partial charge in [-0.3, -0.25) is 4.79 Å². The molecule has 7 heteroatoms. The Morgan fingerprint density at radius 2 is 2.05 bits per heavy atom. The molecule has 21 heavy (non-hydrogen) atoms. The Bertz CT molecular complexity index is 622. The molecule has 1 amide bonds. The van der Waals surface area contributed by atoms with Crippen LogP contribution in [0.5, 0.6) is 5.75 Å². The number of rotatable bonds is 5. The molecule has 1 aliphatic carbocycles. The number of hydrogen-bond acceptors (Lipinski definition) is 5. The molecule has 0 aliphatic heterocycles. The predicted molar refractivity (Wildman–Crippen MR) is 79.9 cm³/mol. The molecule has 0 atom stereocenters. The molecule has 1 aliphatic rings. The van der Waals surface area contributed by atoms with Gasteiger partial charge in [0.05, 0.1) is 7.11 Å². The van der Waals surface area contributed by atoms with Crippen LogP contribution in [0.15, 0.2) is 23.1 Å². The van der Waals surface area contributed by atoms with Crippen LogP contribution in [0.25, 0.3) is 0 Å². The molecule has 1 aromatic rings. The number of ether oxygens (including phenoxy) is 1. The molecule has 3 N–H and O–H groups in total. The van der Waals surface area contributed by atoms with Crippen molar-refractivity contribution in [2.24, 2.45) is 0 Å². The topological polar surface area (TPSA) is 98.5 Å². The number of nitrogens with two attached hydrogens (primary N) is 1. The monoisotopic (exact) mass is 312 g/mol. The van der Waals surface area contributed by atoms with Gasteiger partial charge in [0.1, 0.15) is 16.4 Å². The van der Waals surface area contributed by atoms with Crippen LogP contribution in [0.2, 0.25) is 0 Å². The number of hydrogen-bond donors (Lipinski definition) is 2. The van der Waals surface area contributed by atoms with E-state index in [4.69, 9.17) is 10.5 Å². The van der Waals surface area contributed by atoms with Crippen LogP contribution in [-0.2, 0) is 14.6 Å². The van der Waals surface area contributed by atoms with Gasteiger partial charge in [0.25, 0.3) is 0 Å². The van der Waals surface area contributed by atoms with Crippen molar-refractivity contribution in [1.29, 1.82) is 0 Å². The van der Waals surface area contributed by atoms with Gasteiger partial charge in [0.2, 0.25) is 5.91 Å². The zero-order valence-corrected chi connectivity index (χ0v) is 12.8. The fraction of sp³-hybridized carbons (Fsp3) is 0.500. The van der Waals surface area contributed by atoms with E-state index in [2.05, 4.69) is 5.32 Å². The summed E-state index contributed by atoms with van der Waals surface area (Å²) in [5.74, 6) is -0.895. The number of benzene rings is 1. The first-order valence-electron chi connectivity index (χ1n) is 6.88. The second-order valence-electron chi connectivity index (χ2n) is 5.22. The van der Waals surface area contributed by atoms with E-state index in [-0.39, 0.29) is 16.7 Å². The van der Waals surface area contributed by atoms with Gasteiger partial charge >= 0.3 is 0 Å². The van der Waals surface area contributed by atoms with Crippen LogP contribution < -0.4 is 15.8 Å². The molecule has 2 rings (SSSR count). The second-order valence-corrected chi connectivity index (χ2v) is 7.18. The van der Waals surface area contributed by atoms with Gasteiger partial charge in [-0.15, -0.1) is 0 Å². The molecular formula is C14H20N2O4S. The largest absolute Gasteiger partial charge is 0.495 e. The predicted octanol–water partition coefficient (Wildman–Crippen LogP) is 1.11. The first-order chi connectivity index (χ1) is 9.92. The third-order valence-electron chi connectivity index (χ3n) is 3.56. The van der Waals surface area contributed by atoms with Crippen LogP contribution in [0.3, 0.4) is 0 Å². The highest BCUT2D eigenvalue weighted by Crippen LogP contribution is 2.27. The average Bonchev–Trinajstić information content (AvgIpc) is 2.90. The summed E-state index contributed by atoms with van der Waals surface area (Å²) < 4.78 is 29.7. The minimum atomic E-state index is -3.75. The fourth-order valence-corrected chi connectivity index (χ4v) is 3.84. The van der Waals surface area contributed by atoms with Gasteiger partial charge < -0.3 is 15.8 Å². The number of nitrogen functional groups attached to an aromatic ring is 1. The number of amides is 1. The lowest BCUT2D eigenvalue weighted by Crippen LogP contribution is -2.36. The highest BCUT2D eigenvalue weighted by Gasteiger charge is 2.25. The molecule has 0 radical (unpaired) electrons. The minimum absolute atomic E-state index is 0.0132. The van der Waals surface area contributed by atoms with Crippen LogP contribution in [0, 0.1) is 0 Å². The maximum absolute atomic E-state index is 12.3. The summed E-state index contributed by atoms with van der Waals surface area (Å²) in [7, 11) is -2.39. The molecule has 6 nitrogen and oxygen atoms in total. The molecular weight excluding hydrogens is 292 g/mol. The van der Waals surface area contributed by atoms with Crippen LogP contribution in [0.4, 0.5) is 5.69 Å². The summed E-state index contributed by atoms with van der Waals surface area (Å²) in [5.41, 5.74) is 6.01. The highest BCUT2D eigenvalue weighted by atomic mass is 32.2. The van der Waals surface area contributed by atoms with Crippen molar-refractivity contribution >= 4 is 21.4 Å². The number of carbonyl (C=O) groups is 1. The fourth-order valence-electron chi connectivity index (χ4n) is 2.53. The molecule has 0 spiro atoms. The lowest BCUT2D eigenvalue weighted by atomic mass is 10.2. The maximum Gasteiger partial charge on any atom is 0.235 e. The Morgan fingerprint density at radius 3 is 2.67 bits per heavy atom. The quantitative estimate of drug-likeness (QED) is 0.794. The Balaban J connectivity index is 2.12. The van der Waals surface area contributed by atoms with Gasteiger partial charge in [-0.1, -0.05) is 12.8 Å². The van der Waals surface area contributed by atoms with Crippen molar-refractivity contribution in [3.8, 4) is 5.75 Å². The Morgan fingerprint density at radius 1 is 1.38 bits per heavy atom. The van der Waals surface area contributed by atoms with E-state index in [0.29, 0.717) is 5.69 Å². The molecule has 1 saturated carbocycles. The van der Waals surface area contributed by atoms with E-state index >= 15 is 0 Å². The van der Waals surface area contributed by atoms with Crippen molar-refractivity contribution in [1.82, 2.24) is 5.32 Å². The van der Waals surface area contributed by atoms with Crippen molar-refractivity contribution in [3.05, 3.63) is 18.2 Å². The number of sulfone groups is 1. The molecule has 0 saturated heterocycles. The normalized spacial score (nSPS) is 15.9.